The van der Waals surface area contributed by atoms with Gasteiger partial charge in [0.25, 0.3) is 0 Å². The van der Waals surface area contributed by atoms with Gasteiger partial charge in [-0.05, 0) is 44.6 Å². The van der Waals surface area contributed by atoms with Gasteiger partial charge in [0.1, 0.15) is 0 Å². The number of amides is 1. The van der Waals surface area contributed by atoms with Crippen molar-refractivity contribution < 1.29 is 4.79 Å². The minimum absolute atomic E-state index is 0.241. The van der Waals surface area contributed by atoms with Gasteiger partial charge in [0.2, 0.25) is 5.91 Å². The van der Waals surface area contributed by atoms with Crippen molar-refractivity contribution in [2.75, 3.05) is 6.54 Å². The maximum absolute atomic E-state index is 11.7. The summed E-state index contributed by atoms with van der Waals surface area (Å²) in [6.45, 7) is 7.53. The Morgan fingerprint density at radius 1 is 1.18 bits per heavy atom. The molecule has 0 unspecified atom stereocenters. The van der Waals surface area contributed by atoms with E-state index < -0.39 is 0 Å². The molecular formula is C14H28N2O. The van der Waals surface area contributed by atoms with E-state index in [1.807, 2.05) is 0 Å². The van der Waals surface area contributed by atoms with Crippen LogP contribution in [0.3, 0.4) is 0 Å². The third-order valence-electron chi connectivity index (χ3n) is 3.53. The van der Waals surface area contributed by atoms with Crippen LogP contribution in [0.1, 0.15) is 59.3 Å². The molecule has 100 valence electrons. The minimum atomic E-state index is 0.241. The highest BCUT2D eigenvalue weighted by Crippen LogP contribution is 2.18. The van der Waals surface area contributed by atoms with Crippen LogP contribution >= 0.6 is 0 Å². The van der Waals surface area contributed by atoms with E-state index in [0.717, 1.165) is 25.8 Å². The largest absolute Gasteiger partial charge is 0.353 e. The molecule has 0 aromatic carbocycles. The SMILES string of the molecule is CCNC1CCC(NC(=O)CCC(C)C)CC1. The van der Waals surface area contributed by atoms with Crippen LogP contribution in [0.5, 0.6) is 0 Å². The fourth-order valence-corrected chi connectivity index (χ4v) is 2.45. The second kappa shape index (κ2) is 7.70. The van der Waals surface area contributed by atoms with Gasteiger partial charge in [-0.25, -0.2) is 0 Å². The summed E-state index contributed by atoms with van der Waals surface area (Å²) in [7, 11) is 0. The number of hydrogen-bond donors (Lipinski definition) is 2. The highest BCUT2D eigenvalue weighted by atomic mass is 16.1. The Bertz CT molecular complexity index is 220. The lowest BCUT2D eigenvalue weighted by molar-refractivity contribution is -0.122. The highest BCUT2D eigenvalue weighted by molar-refractivity contribution is 5.76. The summed E-state index contributed by atoms with van der Waals surface area (Å²) in [5.41, 5.74) is 0. The maximum atomic E-state index is 11.7. The first kappa shape index (κ1) is 14.5. The molecule has 1 rings (SSSR count). The Balaban J connectivity index is 2.14. The van der Waals surface area contributed by atoms with E-state index in [4.69, 9.17) is 0 Å². The van der Waals surface area contributed by atoms with Gasteiger partial charge in [-0.3, -0.25) is 4.79 Å². The summed E-state index contributed by atoms with van der Waals surface area (Å²) < 4.78 is 0. The summed E-state index contributed by atoms with van der Waals surface area (Å²) >= 11 is 0. The average Bonchev–Trinajstić information content (AvgIpc) is 2.29. The molecule has 0 aliphatic heterocycles. The van der Waals surface area contributed by atoms with Gasteiger partial charge in [0, 0.05) is 18.5 Å². The quantitative estimate of drug-likeness (QED) is 0.749. The van der Waals surface area contributed by atoms with Crippen molar-refractivity contribution in [1.29, 1.82) is 0 Å². The van der Waals surface area contributed by atoms with Crippen molar-refractivity contribution in [3.8, 4) is 0 Å². The summed E-state index contributed by atoms with van der Waals surface area (Å²) in [5, 5.41) is 6.66. The average molecular weight is 240 g/mol. The lowest BCUT2D eigenvalue weighted by atomic mass is 9.91. The van der Waals surface area contributed by atoms with Crippen molar-refractivity contribution >= 4 is 5.91 Å². The van der Waals surface area contributed by atoms with Gasteiger partial charge in [-0.1, -0.05) is 20.8 Å². The Kier molecular flexibility index (Phi) is 6.56. The normalized spacial score (nSPS) is 24.9. The van der Waals surface area contributed by atoms with E-state index in [1.54, 1.807) is 0 Å². The van der Waals surface area contributed by atoms with Crippen LogP contribution in [0.4, 0.5) is 0 Å². The van der Waals surface area contributed by atoms with Crippen molar-refractivity contribution in [1.82, 2.24) is 10.6 Å². The van der Waals surface area contributed by atoms with Crippen LogP contribution in [0.15, 0.2) is 0 Å². The summed E-state index contributed by atoms with van der Waals surface area (Å²) in [6, 6.07) is 1.09. The predicted octanol–water partition coefficient (Wildman–Crippen LogP) is 2.46. The van der Waals surface area contributed by atoms with E-state index in [9.17, 15) is 4.79 Å². The summed E-state index contributed by atoms with van der Waals surface area (Å²) in [4.78, 5) is 11.7. The standard InChI is InChI=1S/C14H28N2O/c1-4-15-12-6-8-13(9-7-12)16-14(17)10-5-11(2)3/h11-13,15H,4-10H2,1-3H3,(H,16,17). The second-order valence-electron chi connectivity index (χ2n) is 5.61. The van der Waals surface area contributed by atoms with Crippen molar-refractivity contribution in [3.63, 3.8) is 0 Å². The molecule has 1 saturated carbocycles. The molecule has 0 spiro atoms. The molecule has 0 heterocycles. The van der Waals surface area contributed by atoms with Crippen molar-refractivity contribution in [2.45, 2.75) is 71.4 Å². The first-order valence-corrected chi connectivity index (χ1v) is 7.14. The molecular weight excluding hydrogens is 212 g/mol. The van der Waals surface area contributed by atoms with Crippen LogP contribution in [0.2, 0.25) is 0 Å². The van der Waals surface area contributed by atoms with Crippen molar-refractivity contribution in [3.05, 3.63) is 0 Å². The fourth-order valence-electron chi connectivity index (χ4n) is 2.45. The van der Waals surface area contributed by atoms with Crippen LogP contribution in [0.25, 0.3) is 0 Å². The molecule has 0 atom stereocenters. The smallest absolute Gasteiger partial charge is 0.220 e. The topological polar surface area (TPSA) is 41.1 Å². The number of hydrogen-bond acceptors (Lipinski definition) is 2. The Morgan fingerprint density at radius 2 is 1.76 bits per heavy atom. The maximum Gasteiger partial charge on any atom is 0.220 e. The number of carbonyl (C=O) groups excluding carboxylic acids is 1. The molecule has 1 amide bonds. The molecule has 0 saturated heterocycles. The molecule has 0 radical (unpaired) electrons. The molecule has 2 N–H and O–H groups in total. The molecule has 3 heteroatoms. The fraction of sp³-hybridized carbons (Fsp3) is 0.929. The van der Waals surface area contributed by atoms with Gasteiger partial charge in [-0.2, -0.15) is 0 Å². The zero-order chi connectivity index (χ0) is 12.7. The summed E-state index contributed by atoms with van der Waals surface area (Å²) in [6.07, 6.45) is 6.34. The van der Waals surface area contributed by atoms with Crippen LogP contribution in [-0.4, -0.2) is 24.5 Å². The first-order chi connectivity index (χ1) is 8.11. The number of carbonyl (C=O) groups is 1. The highest BCUT2D eigenvalue weighted by Gasteiger charge is 2.21. The van der Waals surface area contributed by atoms with E-state index in [1.165, 1.54) is 12.8 Å². The monoisotopic (exact) mass is 240 g/mol. The molecule has 17 heavy (non-hydrogen) atoms. The molecule has 0 aromatic heterocycles. The third-order valence-corrected chi connectivity index (χ3v) is 3.53. The molecule has 1 aliphatic carbocycles. The molecule has 0 aromatic rings. The minimum Gasteiger partial charge on any atom is -0.353 e. The molecule has 1 aliphatic rings. The van der Waals surface area contributed by atoms with E-state index in [-0.39, 0.29) is 5.91 Å². The zero-order valence-electron chi connectivity index (χ0n) is 11.6. The Hall–Kier alpha value is -0.570. The number of rotatable bonds is 6. The first-order valence-electron chi connectivity index (χ1n) is 7.14. The number of nitrogens with one attached hydrogen (secondary N) is 2. The molecule has 3 nitrogen and oxygen atoms in total. The van der Waals surface area contributed by atoms with Gasteiger partial charge >= 0.3 is 0 Å². The van der Waals surface area contributed by atoms with Gasteiger partial charge in [0.05, 0.1) is 0 Å². The zero-order valence-corrected chi connectivity index (χ0v) is 11.6. The van der Waals surface area contributed by atoms with E-state index in [2.05, 4.69) is 31.4 Å². The second-order valence-corrected chi connectivity index (χ2v) is 5.61. The lowest BCUT2D eigenvalue weighted by Gasteiger charge is -2.29. The van der Waals surface area contributed by atoms with Gasteiger partial charge < -0.3 is 10.6 Å². The van der Waals surface area contributed by atoms with E-state index in [0.29, 0.717) is 24.4 Å². The van der Waals surface area contributed by atoms with Crippen LogP contribution in [0, 0.1) is 5.92 Å². The van der Waals surface area contributed by atoms with Crippen molar-refractivity contribution in [2.24, 2.45) is 5.92 Å². The Morgan fingerprint density at radius 3 is 2.29 bits per heavy atom. The summed E-state index contributed by atoms with van der Waals surface area (Å²) in [5.74, 6) is 0.857. The molecule has 1 fully saturated rings. The third kappa shape index (κ3) is 6.06. The van der Waals surface area contributed by atoms with Crippen LogP contribution in [-0.2, 0) is 4.79 Å². The predicted molar refractivity (Wildman–Crippen MR) is 71.9 cm³/mol. The van der Waals surface area contributed by atoms with Gasteiger partial charge in [-0.15, -0.1) is 0 Å². The van der Waals surface area contributed by atoms with Crippen LogP contribution < -0.4 is 10.6 Å². The van der Waals surface area contributed by atoms with Gasteiger partial charge in [0.15, 0.2) is 0 Å². The van der Waals surface area contributed by atoms with E-state index >= 15 is 0 Å². The lowest BCUT2D eigenvalue weighted by Crippen LogP contribution is -2.42. The Labute approximate surface area is 106 Å². The molecule has 0 bridgehead atoms.